The first kappa shape index (κ1) is 15.7. The Labute approximate surface area is 143 Å². The number of piperidine rings is 1. The van der Waals surface area contributed by atoms with E-state index in [0.717, 1.165) is 49.5 Å². The molecule has 2 saturated heterocycles. The van der Waals surface area contributed by atoms with Crippen LogP contribution >= 0.6 is 0 Å². The smallest absolute Gasteiger partial charge is 0.255 e. The first-order valence-corrected chi connectivity index (χ1v) is 9.21. The average Bonchev–Trinajstić information content (AvgIpc) is 3.19. The summed E-state index contributed by atoms with van der Waals surface area (Å²) in [5.74, 6) is 1.12. The first-order chi connectivity index (χ1) is 11.5. The van der Waals surface area contributed by atoms with Gasteiger partial charge in [-0.2, -0.15) is 0 Å². The van der Waals surface area contributed by atoms with Gasteiger partial charge in [0, 0.05) is 45.1 Å². The molecule has 1 saturated carbocycles. The highest BCUT2D eigenvalue weighted by molar-refractivity contribution is 5.96. The lowest BCUT2D eigenvalue weighted by Gasteiger charge is -2.39. The van der Waals surface area contributed by atoms with Crippen LogP contribution in [0.1, 0.15) is 48.2 Å². The molecule has 3 aliphatic rings. The van der Waals surface area contributed by atoms with Crippen LogP contribution in [0.25, 0.3) is 0 Å². The molecule has 24 heavy (non-hydrogen) atoms. The standard InChI is InChI=1S/C19H27N3O2/c1-14-16(6-10-20(14)2)17(23)22-11-8-19(13-22)7-3-9-21(18(19)24)12-15-4-5-15/h6,10,15H,3-5,7-9,11-13H2,1-2H3/t19-/m0/s1. The van der Waals surface area contributed by atoms with E-state index in [1.165, 1.54) is 12.8 Å². The Balaban J connectivity index is 1.49. The molecule has 1 aromatic rings. The third kappa shape index (κ3) is 2.54. The van der Waals surface area contributed by atoms with Gasteiger partial charge >= 0.3 is 0 Å². The monoisotopic (exact) mass is 329 g/mol. The lowest BCUT2D eigenvalue weighted by molar-refractivity contribution is -0.145. The van der Waals surface area contributed by atoms with Gasteiger partial charge in [-0.1, -0.05) is 0 Å². The van der Waals surface area contributed by atoms with E-state index >= 15 is 0 Å². The van der Waals surface area contributed by atoms with Gasteiger partial charge in [-0.05, 0) is 51.0 Å². The fourth-order valence-corrected chi connectivity index (χ4v) is 4.37. The molecule has 1 spiro atoms. The molecule has 0 aromatic carbocycles. The molecule has 0 N–H and O–H groups in total. The fourth-order valence-electron chi connectivity index (χ4n) is 4.37. The molecule has 0 unspecified atom stereocenters. The quantitative estimate of drug-likeness (QED) is 0.853. The van der Waals surface area contributed by atoms with E-state index in [4.69, 9.17) is 0 Å². The van der Waals surface area contributed by atoms with Gasteiger partial charge in [-0.25, -0.2) is 0 Å². The van der Waals surface area contributed by atoms with Crippen molar-refractivity contribution in [3.63, 3.8) is 0 Å². The topological polar surface area (TPSA) is 45.6 Å². The van der Waals surface area contributed by atoms with E-state index in [2.05, 4.69) is 4.90 Å². The molecule has 1 aliphatic carbocycles. The van der Waals surface area contributed by atoms with E-state index in [9.17, 15) is 9.59 Å². The number of hydrogen-bond donors (Lipinski definition) is 0. The lowest BCUT2D eigenvalue weighted by Crippen LogP contribution is -2.51. The predicted molar refractivity (Wildman–Crippen MR) is 91.6 cm³/mol. The second kappa shape index (κ2) is 5.64. The Kier molecular flexibility index (Phi) is 3.70. The minimum Gasteiger partial charge on any atom is -0.354 e. The third-order valence-corrected chi connectivity index (χ3v) is 6.25. The molecule has 3 fully saturated rings. The van der Waals surface area contributed by atoms with Gasteiger partial charge in [0.15, 0.2) is 0 Å². The van der Waals surface area contributed by atoms with Crippen LogP contribution in [0.15, 0.2) is 12.3 Å². The number of rotatable bonds is 3. The molecular weight excluding hydrogens is 302 g/mol. The summed E-state index contributed by atoms with van der Waals surface area (Å²) < 4.78 is 1.97. The molecule has 4 rings (SSSR count). The number of likely N-dealkylation sites (tertiary alicyclic amines) is 2. The maximum absolute atomic E-state index is 13.1. The van der Waals surface area contributed by atoms with E-state index in [1.54, 1.807) is 0 Å². The average molecular weight is 329 g/mol. The van der Waals surface area contributed by atoms with Crippen molar-refractivity contribution in [1.82, 2.24) is 14.4 Å². The van der Waals surface area contributed by atoms with Gasteiger partial charge in [-0.3, -0.25) is 9.59 Å². The lowest BCUT2D eigenvalue weighted by atomic mass is 9.78. The summed E-state index contributed by atoms with van der Waals surface area (Å²) >= 11 is 0. The number of amides is 2. The van der Waals surface area contributed by atoms with E-state index < -0.39 is 0 Å². The molecule has 0 bridgehead atoms. The highest BCUT2D eigenvalue weighted by atomic mass is 16.2. The molecule has 1 atom stereocenters. The highest BCUT2D eigenvalue weighted by Crippen LogP contribution is 2.42. The van der Waals surface area contributed by atoms with Crippen LogP contribution < -0.4 is 0 Å². The summed E-state index contributed by atoms with van der Waals surface area (Å²) in [5, 5.41) is 0. The predicted octanol–water partition coefficient (Wildman–Crippen LogP) is 2.20. The summed E-state index contributed by atoms with van der Waals surface area (Å²) in [5.41, 5.74) is 1.45. The van der Waals surface area contributed by atoms with E-state index in [1.807, 2.05) is 35.7 Å². The summed E-state index contributed by atoms with van der Waals surface area (Å²) in [4.78, 5) is 29.9. The van der Waals surface area contributed by atoms with Crippen molar-refractivity contribution in [2.75, 3.05) is 26.2 Å². The molecule has 5 nitrogen and oxygen atoms in total. The van der Waals surface area contributed by atoms with Gasteiger partial charge in [0.1, 0.15) is 0 Å². The van der Waals surface area contributed by atoms with Crippen molar-refractivity contribution in [1.29, 1.82) is 0 Å². The fraction of sp³-hybridized carbons (Fsp3) is 0.684. The van der Waals surface area contributed by atoms with Crippen LogP contribution in [0, 0.1) is 18.3 Å². The minimum atomic E-state index is -0.314. The summed E-state index contributed by atoms with van der Waals surface area (Å²) in [6.07, 6.45) is 7.31. The number of carbonyl (C=O) groups is 2. The number of carbonyl (C=O) groups excluding carboxylic acids is 2. The van der Waals surface area contributed by atoms with Crippen LogP contribution in [0.3, 0.4) is 0 Å². The maximum atomic E-state index is 13.1. The normalized spacial score (nSPS) is 27.3. The van der Waals surface area contributed by atoms with Crippen LogP contribution in [0.5, 0.6) is 0 Å². The largest absolute Gasteiger partial charge is 0.354 e. The Hall–Kier alpha value is -1.78. The minimum absolute atomic E-state index is 0.0806. The van der Waals surface area contributed by atoms with Gasteiger partial charge in [0.05, 0.1) is 11.0 Å². The van der Waals surface area contributed by atoms with Crippen molar-refractivity contribution in [3.8, 4) is 0 Å². The highest BCUT2D eigenvalue weighted by Gasteiger charge is 2.50. The number of aromatic nitrogens is 1. The van der Waals surface area contributed by atoms with Crippen molar-refractivity contribution in [2.45, 2.75) is 39.0 Å². The first-order valence-electron chi connectivity index (χ1n) is 9.21. The zero-order valence-corrected chi connectivity index (χ0v) is 14.8. The number of aryl methyl sites for hydroxylation is 1. The zero-order chi connectivity index (χ0) is 16.9. The van der Waals surface area contributed by atoms with Crippen molar-refractivity contribution >= 4 is 11.8 Å². The van der Waals surface area contributed by atoms with Crippen LogP contribution in [0.4, 0.5) is 0 Å². The summed E-state index contributed by atoms with van der Waals surface area (Å²) in [6.45, 7) is 5.12. The van der Waals surface area contributed by atoms with Gasteiger partial charge in [-0.15, -0.1) is 0 Å². The Morgan fingerprint density at radius 1 is 1.29 bits per heavy atom. The molecular formula is C19H27N3O2. The summed E-state index contributed by atoms with van der Waals surface area (Å²) in [6, 6.07) is 1.89. The van der Waals surface area contributed by atoms with Gasteiger partial charge in [0.25, 0.3) is 5.91 Å². The molecule has 3 heterocycles. The second-order valence-electron chi connectivity index (χ2n) is 7.98. The zero-order valence-electron chi connectivity index (χ0n) is 14.8. The van der Waals surface area contributed by atoms with Crippen molar-refractivity contribution in [3.05, 3.63) is 23.5 Å². The van der Waals surface area contributed by atoms with E-state index in [-0.39, 0.29) is 11.3 Å². The third-order valence-electron chi connectivity index (χ3n) is 6.25. The molecule has 2 amide bonds. The van der Waals surface area contributed by atoms with Crippen LogP contribution in [-0.4, -0.2) is 52.4 Å². The van der Waals surface area contributed by atoms with Crippen molar-refractivity contribution in [2.24, 2.45) is 18.4 Å². The number of hydrogen-bond acceptors (Lipinski definition) is 2. The molecule has 130 valence electrons. The Morgan fingerprint density at radius 3 is 2.75 bits per heavy atom. The van der Waals surface area contributed by atoms with Crippen LogP contribution in [0.2, 0.25) is 0 Å². The maximum Gasteiger partial charge on any atom is 0.255 e. The van der Waals surface area contributed by atoms with Crippen LogP contribution in [-0.2, 0) is 11.8 Å². The van der Waals surface area contributed by atoms with E-state index in [0.29, 0.717) is 19.0 Å². The van der Waals surface area contributed by atoms with Crippen molar-refractivity contribution < 1.29 is 9.59 Å². The van der Waals surface area contributed by atoms with Gasteiger partial charge in [0.2, 0.25) is 5.91 Å². The van der Waals surface area contributed by atoms with Gasteiger partial charge < -0.3 is 14.4 Å². The second-order valence-corrected chi connectivity index (χ2v) is 7.98. The molecule has 0 radical (unpaired) electrons. The summed E-state index contributed by atoms with van der Waals surface area (Å²) in [7, 11) is 1.96. The Bertz CT molecular complexity index is 676. The molecule has 5 heteroatoms. The molecule has 1 aromatic heterocycles. The molecule has 2 aliphatic heterocycles. The number of nitrogens with zero attached hydrogens (tertiary/aromatic N) is 3. The SMILES string of the molecule is Cc1c(C(=O)N2CC[C@@]3(CCCN(CC4CC4)C3=O)C2)ccn1C. The Morgan fingerprint density at radius 2 is 2.08 bits per heavy atom.